The Labute approximate surface area is 187 Å². The van der Waals surface area contributed by atoms with Gasteiger partial charge in [0.1, 0.15) is 0 Å². The molecule has 7 rings (SSSR count). The van der Waals surface area contributed by atoms with Crippen molar-refractivity contribution in [1.29, 1.82) is 0 Å². The van der Waals surface area contributed by atoms with Crippen molar-refractivity contribution in [2.75, 3.05) is 4.90 Å². The minimum atomic E-state index is -0.182. The molecule has 0 spiro atoms. The SMILES string of the molecule is Cc1ccc(C)c2sc(N(Cc3cccnc3)C(=O)C34CC5CC(CC(C5)C3)C4)nc12. The van der Waals surface area contributed by atoms with Gasteiger partial charge in [0.25, 0.3) is 0 Å². The number of anilines is 1. The van der Waals surface area contributed by atoms with Crippen molar-refractivity contribution in [3.63, 3.8) is 0 Å². The van der Waals surface area contributed by atoms with E-state index in [1.165, 1.54) is 35.1 Å². The summed E-state index contributed by atoms with van der Waals surface area (Å²) in [6, 6.07) is 8.31. The Balaban J connectivity index is 1.43. The molecule has 0 N–H and O–H groups in total. The number of nitrogens with zero attached hydrogens (tertiary/aromatic N) is 3. The smallest absolute Gasteiger partial charge is 0.235 e. The summed E-state index contributed by atoms with van der Waals surface area (Å²) in [4.78, 5) is 25.6. The number of pyridine rings is 1. The molecule has 4 aliphatic carbocycles. The van der Waals surface area contributed by atoms with Crippen LogP contribution in [-0.4, -0.2) is 15.9 Å². The normalized spacial score (nSPS) is 28.9. The summed E-state index contributed by atoms with van der Waals surface area (Å²) in [7, 11) is 0. The number of amides is 1. The van der Waals surface area contributed by atoms with Crippen LogP contribution in [0.2, 0.25) is 0 Å². The lowest BCUT2D eigenvalue weighted by molar-refractivity contribution is -0.143. The van der Waals surface area contributed by atoms with Gasteiger partial charge in [-0.25, -0.2) is 4.98 Å². The fourth-order valence-corrected chi connectivity index (χ4v) is 8.03. The van der Waals surface area contributed by atoms with E-state index in [2.05, 4.69) is 37.0 Å². The Morgan fingerprint density at radius 3 is 2.35 bits per heavy atom. The van der Waals surface area contributed by atoms with E-state index < -0.39 is 0 Å². The quantitative estimate of drug-likeness (QED) is 0.504. The largest absolute Gasteiger partial charge is 0.283 e. The predicted molar refractivity (Wildman–Crippen MR) is 125 cm³/mol. The molecule has 0 aliphatic heterocycles. The van der Waals surface area contributed by atoms with E-state index in [4.69, 9.17) is 4.98 Å². The zero-order valence-electron chi connectivity index (χ0n) is 18.3. The van der Waals surface area contributed by atoms with E-state index in [1.54, 1.807) is 17.5 Å². The summed E-state index contributed by atoms with van der Waals surface area (Å²) in [5, 5.41) is 0.844. The number of rotatable bonds is 4. The van der Waals surface area contributed by atoms with Gasteiger partial charge in [0.05, 0.1) is 22.2 Å². The Morgan fingerprint density at radius 2 is 1.74 bits per heavy atom. The van der Waals surface area contributed by atoms with E-state index in [1.807, 2.05) is 17.2 Å². The molecule has 0 atom stereocenters. The van der Waals surface area contributed by atoms with Crippen LogP contribution in [0.1, 0.15) is 55.2 Å². The summed E-state index contributed by atoms with van der Waals surface area (Å²) in [6.45, 7) is 4.79. The molecule has 4 aliphatic rings. The first-order chi connectivity index (χ1) is 15.0. The van der Waals surface area contributed by atoms with Gasteiger partial charge in [-0.05, 0) is 92.9 Å². The first-order valence-corrected chi connectivity index (χ1v) is 12.4. The lowest BCUT2D eigenvalue weighted by Crippen LogP contribution is -2.54. The van der Waals surface area contributed by atoms with Crippen LogP contribution < -0.4 is 4.90 Å². The highest BCUT2D eigenvalue weighted by Gasteiger charge is 2.56. The third kappa shape index (κ3) is 3.20. The molecule has 4 bridgehead atoms. The lowest BCUT2D eigenvalue weighted by atomic mass is 9.49. The molecular formula is C26H29N3OS. The summed E-state index contributed by atoms with van der Waals surface area (Å²) in [5.41, 5.74) is 4.32. The van der Waals surface area contributed by atoms with Gasteiger partial charge in [-0.1, -0.05) is 29.5 Å². The van der Waals surface area contributed by atoms with E-state index in [9.17, 15) is 4.79 Å². The molecule has 4 nitrogen and oxygen atoms in total. The van der Waals surface area contributed by atoms with Gasteiger partial charge in [-0.3, -0.25) is 14.7 Å². The Bertz CT molecular complexity index is 1080. The summed E-state index contributed by atoms with van der Waals surface area (Å²) >= 11 is 1.67. The first kappa shape index (κ1) is 19.4. The van der Waals surface area contributed by atoms with E-state index in [-0.39, 0.29) is 5.41 Å². The average molecular weight is 432 g/mol. The van der Waals surface area contributed by atoms with Crippen LogP contribution in [-0.2, 0) is 11.3 Å². The number of hydrogen-bond donors (Lipinski definition) is 0. The van der Waals surface area contributed by atoms with E-state index in [0.717, 1.165) is 53.2 Å². The predicted octanol–water partition coefficient (Wildman–Crippen LogP) is 6.06. The Kier molecular flexibility index (Phi) is 4.46. The number of carbonyl (C=O) groups excluding carboxylic acids is 1. The number of thiazole rings is 1. The molecule has 1 amide bonds. The van der Waals surface area contributed by atoms with Crippen LogP contribution in [0, 0.1) is 37.0 Å². The molecule has 2 heterocycles. The second kappa shape index (κ2) is 7.13. The van der Waals surface area contributed by atoms with Crippen molar-refractivity contribution in [2.45, 2.75) is 58.9 Å². The summed E-state index contributed by atoms with van der Waals surface area (Å²) < 4.78 is 1.20. The van der Waals surface area contributed by atoms with Crippen molar-refractivity contribution >= 4 is 32.6 Å². The molecule has 4 fully saturated rings. The molecule has 0 unspecified atom stereocenters. The Hall–Kier alpha value is -2.27. The maximum Gasteiger partial charge on any atom is 0.235 e. The van der Waals surface area contributed by atoms with Gasteiger partial charge in [-0.2, -0.15) is 0 Å². The standard InChI is InChI=1S/C26H29N3OS/c1-16-5-6-17(2)23-22(16)28-25(31-23)29(15-18-4-3-7-27-14-18)24(30)26-11-19-8-20(12-26)10-21(9-19)13-26/h3-7,14,19-21H,8-13,15H2,1-2H3. The number of hydrogen-bond acceptors (Lipinski definition) is 4. The van der Waals surface area contributed by atoms with Gasteiger partial charge >= 0.3 is 0 Å². The average Bonchev–Trinajstić information content (AvgIpc) is 3.21. The fraction of sp³-hybridized carbons (Fsp3) is 0.500. The van der Waals surface area contributed by atoms with Crippen molar-refractivity contribution in [1.82, 2.24) is 9.97 Å². The number of aryl methyl sites for hydroxylation is 2. The third-order valence-corrected chi connectivity index (χ3v) is 9.18. The van der Waals surface area contributed by atoms with Crippen LogP contribution in [0.3, 0.4) is 0 Å². The van der Waals surface area contributed by atoms with Crippen molar-refractivity contribution in [2.24, 2.45) is 23.2 Å². The van der Waals surface area contributed by atoms with Crippen molar-refractivity contribution in [3.05, 3.63) is 53.3 Å². The van der Waals surface area contributed by atoms with Gasteiger partial charge in [0.15, 0.2) is 5.13 Å². The third-order valence-electron chi connectivity index (χ3n) is 7.96. The van der Waals surface area contributed by atoms with E-state index >= 15 is 0 Å². The minimum absolute atomic E-state index is 0.182. The lowest BCUT2D eigenvalue weighted by Gasteiger charge is -2.56. The molecule has 5 heteroatoms. The van der Waals surface area contributed by atoms with Crippen LogP contribution in [0.15, 0.2) is 36.7 Å². The highest BCUT2D eigenvalue weighted by Crippen LogP contribution is 2.61. The van der Waals surface area contributed by atoms with Crippen molar-refractivity contribution in [3.8, 4) is 0 Å². The second-order valence-electron chi connectivity index (χ2n) is 10.3. The molecule has 31 heavy (non-hydrogen) atoms. The molecule has 160 valence electrons. The number of fused-ring (bicyclic) bond motifs is 1. The highest BCUT2D eigenvalue weighted by molar-refractivity contribution is 7.22. The van der Waals surface area contributed by atoms with E-state index in [0.29, 0.717) is 12.5 Å². The second-order valence-corrected chi connectivity index (χ2v) is 11.3. The molecule has 2 aromatic heterocycles. The molecule has 0 saturated heterocycles. The summed E-state index contributed by atoms with van der Waals surface area (Å²) in [6.07, 6.45) is 10.9. The molecule has 1 aromatic carbocycles. The topological polar surface area (TPSA) is 46.1 Å². The number of aromatic nitrogens is 2. The molecule has 0 radical (unpaired) electrons. The zero-order chi connectivity index (χ0) is 21.2. The maximum atomic E-state index is 14.3. The monoisotopic (exact) mass is 431 g/mol. The van der Waals surface area contributed by atoms with Crippen LogP contribution in [0.5, 0.6) is 0 Å². The Morgan fingerprint density at radius 1 is 1.06 bits per heavy atom. The zero-order valence-corrected chi connectivity index (χ0v) is 19.1. The molecular weight excluding hydrogens is 402 g/mol. The maximum absolute atomic E-state index is 14.3. The van der Waals surface area contributed by atoms with Crippen LogP contribution in [0.4, 0.5) is 5.13 Å². The molecule has 4 saturated carbocycles. The van der Waals surface area contributed by atoms with Gasteiger partial charge in [0, 0.05) is 12.4 Å². The first-order valence-electron chi connectivity index (χ1n) is 11.6. The van der Waals surface area contributed by atoms with Crippen LogP contribution >= 0.6 is 11.3 Å². The van der Waals surface area contributed by atoms with Gasteiger partial charge in [-0.15, -0.1) is 0 Å². The van der Waals surface area contributed by atoms with Gasteiger partial charge < -0.3 is 0 Å². The van der Waals surface area contributed by atoms with Crippen molar-refractivity contribution < 1.29 is 4.79 Å². The van der Waals surface area contributed by atoms with Crippen LogP contribution in [0.25, 0.3) is 10.2 Å². The number of benzene rings is 1. The van der Waals surface area contributed by atoms with Gasteiger partial charge in [0.2, 0.25) is 5.91 Å². The number of carbonyl (C=O) groups is 1. The molecule has 3 aromatic rings. The minimum Gasteiger partial charge on any atom is -0.283 e. The summed E-state index contributed by atoms with van der Waals surface area (Å²) in [5.74, 6) is 2.55. The highest BCUT2D eigenvalue weighted by atomic mass is 32.1. The fourth-order valence-electron chi connectivity index (χ4n) is 6.92.